The van der Waals surface area contributed by atoms with E-state index in [2.05, 4.69) is 20.6 Å². The summed E-state index contributed by atoms with van der Waals surface area (Å²) in [6.07, 6.45) is 3.33. The van der Waals surface area contributed by atoms with Crippen LogP contribution in [0, 0.1) is 5.82 Å². The van der Waals surface area contributed by atoms with Gasteiger partial charge in [0.15, 0.2) is 0 Å². The van der Waals surface area contributed by atoms with Crippen molar-refractivity contribution in [2.45, 2.75) is 6.54 Å². The zero-order valence-electron chi connectivity index (χ0n) is 16.6. The van der Waals surface area contributed by atoms with Gasteiger partial charge in [-0.2, -0.15) is 0 Å². The lowest BCUT2D eigenvalue weighted by Gasteiger charge is -2.14. The third kappa shape index (κ3) is 5.78. The molecule has 2 aromatic carbocycles. The maximum atomic E-state index is 13.5. The maximum absolute atomic E-state index is 13.5. The van der Waals surface area contributed by atoms with Gasteiger partial charge >= 0.3 is 0 Å². The van der Waals surface area contributed by atoms with Crippen molar-refractivity contribution in [3.63, 3.8) is 0 Å². The second-order valence-corrected chi connectivity index (χ2v) is 6.21. The number of carbonyl (C=O) groups excluding carboxylic acids is 1. The number of ether oxygens (including phenoxy) is 2. The van der Waals surface area contributed by atoms with Crippen molar-refractivity contribution < 1.29 is 18.7 Å². The molecule has 0 fully saturated rings. The average molecular weight is 408 g/mol. The van der Waals surface area contributed by atoms with E-state index in [1.165, 1.54) is 18.2 Å². The summed E-state index contributed by atoms with van der Waals surface area (Å²) < 4.78 is 24.0. The SMILES string of the molecule is COc1cc(NC(=NCc2ccncc2)NC(=O)c2cccc(F)c2)cc(OC)c1. The molecule has 3 aromatic rings. The van der Waals surface area contributed by atoms with Gasteiger partial charge in [0.1, 0.15) is 17.3 Å². The predicted molar refractivity (Wildman–Crippen MR) is 112 cm³/mol. The number of guanidine groups is 1. The molecule has 7 nitrogen and oxygen atoms in total. The fourth-order valence-corrected chi connectivity index (χ4v) is 2.59. The maximum Gasteiger partial charge on any atom is 0.258 e. The lowest BCUT2D eigenvalue weighted by molar-refractivity contribution is 0.0976. The molecule has 0 spiro atoms. The normalized spacial score (nSPS) is 11.0. The molecular formula is C22H21FN4O3. The van der Waals surface area contributed by atoms with E-state index in [1.807, 2.05) is 12.1 Å². The second kappa shape index (κ2) is 10.0. The van der Waals surface area contributed by atoms with Crippen LogP contribution in [0.25, 0.3) is 0 Å². The number of methoxy groups -OCH3 is 2. The van der Waals surface area contributed by atoms with Crippen molar-refractivity contribution in [1.82, 2.24) is 10.3 Å². The first-order valence-electron chi connectivity index (χ1n) is 9.08. The summed E-state index contributed by atoms with van der Waals surface area (Å²) in [4.78, 5) is 21.0. The Balaban J connectivity index is 1.86. The first-order chi connectivity index (χ1) is 14.6. The van der Waals surface area contributed by atoms with Crippen LogP contribution < -0.4 is 20.1 Å². The molecule has 0 aliphatic heterocycles. The van der Waals surface area contributed by atoms with Crippen molar-refractivity contribution in [1.29, 1.82) is 0 Å². The largest absolute Gasteiger partial charge is 0.497 e. The van der Waals surface area contributed by atoms with Crippen molar-refractivity contribution in [3.05, 3.63) is 83.9 Å². The van der Waals surface area contributed by atoms with E-state index in [4.69, 9.17) is 9.47 Å². The summed E-state index contributed by atoms with van der Waals surface area (Å²) in [5.74, 6) is 0.341. The average Bonchev–Trinajstić information content (AvgIpc) is 2.77. The van der Waals surface area contributed by atoms with Crippen LogP contribution >= 0.6 is 0 Å². The molecule has 0 atom stereocenters. The molecule has 0 unspecified atom stereocenters. The summed E-state index contributed by atoms with van der Waals surface area (Å²) in [7, 11) is 3.09. The van der Waals surface area contributed by atoms with Crippen molar-refractivity contribution >= 4 is 17.6 Å². The predicted octanol–water partition coefficient (Wildman–Crippen LogP) is 3.64. The van der Waals surface area contributed by atoms with Gasteiger partial charge in [-0.25, -0.2) is 9.38 Å². The Hall–Kier alpha value is -3.94. The quantitative estimate of drug-likeness (QED) is 0.481. The van der Waals surface area contributed by atoms with Crippen LogP contribution in [0.15, 0.2) is 72.0 Å². The summed E-state index contributed by atoms with van der Waals surface area (Å²) in [6, 6.07) is 14.3. The number of amides is 1. The van der Waals surface area contributed by atoms with Crippen LogP contribution in [-0.4, -0.2) is 31.1 Å². The summed E-state index contributed by atoms with van der Waals surface area (Å²) >= 11 is 0. The lowest BCUT2D eigenvalue weighted by Crippen LogP contribution is -2.36. The Labute approximate surface area is 173 Å². The molecule has 1 heterocycles. The van der Waals surface area contributed by atoms with Crippen LogP contribution in [0.2, 0.25) is 0 Å². The molecule has 0 radical (unpaired) electrons. The molecule has 0 bridgehead atoms. The van der Waals surface area contributed by atoms with Gasteiger partial charge in [-0.15, -0.1) is 0 Å². The van der Waals surface area contributed by atoms with Crippen LogP contribution in [0.4, 0.5) is 10.1 Å². The van der Waals surface area contributed by atoms with Gasteiger partial charge in [0.25, 0.3) is 5.91 Å². The van der Waals surface area contributed by atoms with Crippen molar-refractivity contribution in [3.8, 4) is 11.5 Å². The number of pyridine rings is 1. The molecule has 0 saturated carbocycles. The minimum absolute atomic E-state index is 0.177. The number of rotatable bonds is 6. The Morgan fingerprint density at radius 1 is 1.03 bits per heavy atom. The van der Waals surface area contributed by atoms with Gasteiger partial charge in [0, 0.05) is 41.8 Å². The van der Waals surface area contributed by atoms with Crippen LogP contribution in [-0.2, 0) is 6.54 Å². The number of carbonyl (C=O) groups is 1. The first-order valence-corrected chi connectivity index (χ1v) is 9.08. The number of halogens is 1. The van der Waals surface area contributed by atoms with E-state index in [-0.39, 0.29) is 11.5 Å². The van der Waals surface area contributed by atoms with Gasteiger partial charge in [0.2, 0.25) is 5.96 Å². The lowest BCUT2D eigenvalue weighted by atomic mass is 10.2. The summed E-state index contributed by atoms with van der Waals surface area (Å²) in [5.41, 5.74) is 1.68. The highest BCUT2D eigenvalue weighted by Crippen LogP contribution is 2.25. The smallest absolute Gasteiger partial charge is 0.258 e. The first kappa shape index (κ1) is 20.8. The third-order valence-electron chi connectivity index (χ3n) is 4.10. The Morgan fingerprint density at radius 3 is 2.37 bits per heavy atom. The fraction of sp³-hybridized carbons (Fsp3) is 0.136. The van der Waals surface area contributed by atoms with Gasteiger partial charge < -0.3 is 14.8 Å². The molecule has 8 heteroatoms. The molecule has 30 heavy (non-hydrogen) atoms. The van der Waals surface area contributed by atoms with Crippen molar-refractivity contribution in [2.75, 3.05) is 19.5 Å². The van der Waals surface area contributed by atoms with E-state index in [9.17, 15) is 9.18 Å². The number of nitrogens with one attached hydrogen (secondary N) is 2. The molecule has 3 rings (SSSR count). The second-order valence-electron chi connectivity index (χ2n) is 6.21. The molecule has 0 aliphatic carbocycles. The molecule has 0 saturated heterocycles. The summed E-state index contributed by atoms with van der Waals surface area (Å²) in [6.45, 7) is 0.301. The molecule has 1 aromatic heterocycles. The zero-order chi connectivity index (χ0) is 21.3. The Morgan fingerprint density at radius 2 is 1.73 bits per heavy atom. The van der Waals surface area contributed by atoms with Crippen molar-refractivity contribution in [2.24, 2.45) is 4.99 Å². The highest BCUT2D eigenvalue weighted by Gasteiger charge is 2.11. The minimum Gasteiger partial charge on any atom is -0.497 e. The number of aliphatic imine (C=N–C) groups is 1. The van der Waals surface area contributed by atoms with Crippen LogP contribution in [0.1, 0.15) is 15.9 Å². The van der Waals surface area contributed by atoms with Gasteiger partial charge in [-0.1, -0.05) is 6.07 Å². The number of nitrogens with zero attached hydrogens (tertiary/aromatic N) is 2. The van der Waals surface area contributed by atoms with Gasteiger partial charge in [0.05, 0.1) is 20.8 Å². The number of hydrogen-bond acceptors (Lipinski definition) is 5. The van der Waals surface area contributed by atoms with Gasteiger partial charge in [-0.3, -0.25) is 15.1 Å². The number of aromatic nitrogens is 1. The van der Waals surface area contributed by atoms with E-state index in [0.717, 1.165) is 11.6 Å². The standard InChI is InChI=1S/C22H21FN4O3/c1-29-19-11-18(12-20(13-19)30-2)26-22(25-14-15-6-8-24-9-7-15)27-21(28)16-4-3-5-17(23)10-16/h3-13H,14H2,1-2H3,(H2,25,26,27,28). The molecular weight excluding hydrogens is 387 g/mol. The molecule has 1 amide bonds. The molecule has 2 N–H and O–H groups in total. The van der Waals surface area contributed by atoms with Crippen LogP contribution in [0.5, 0.6) is 11.5 Å². The zero-order valence-corrected chi connectivity index (χ0v) is 16.6. The van der Waals surface area contributed by atoms with Gasteiger partial charge in [-0.05, 0) is 35.9 Å². The molecule has 0 aliphatic rings. The van der Waals surface area contributed by atoms with E-state index >= 15 is 0 Å². The van der Waals surface area contributed by atoms with Crippen LogP contribution in [0.3, 0.4) is 0 Å². The Bertz CT molecular complexity index is 1020. The Kier molecular flexibility index (Phi) is 6.94. The highest BCUT2D eigenvalue weighted by atomic mass is 19.1. The minimum atomic E-state index is -0.497. The number of benzene rings is 2. The number of hydrogen-bond donors (Lipinski definition) is 2. The van der Waals surface area contributed by atoms with E-state index < -0.39 is 11.7 Å². The van der Waals surface area contributed by atoms with E-state index in [0.29, 0.717) is 23.7 Å². The summed E-state index contributed by atoms with van der Waals surface area (Å²) in [5, 5.41) is 5.75. The monoisotopic (exact) mass is 408 g/mol. The topological polar surface area (TPSA) is 84.8 Å². The molecule has 154 valence electrons. The highest BCUT2D eigenvalue weighted by molar-refractivity contribution is 6.10. The fourth-order valence-electron chi connectivity index (χ4n) is 2.59. The third-order valence-corrected chi connectivity index (χ3v) is 4.10. The number of anilines is 1. The van der Waals surface area contributed by atoms with E-state index in [1.54, 1.807) is 44.8 Å².